The minimum absolute atomic E-state index is 0.447. The molecule has 0 fully saturated rings. The van der Waals surface area contributed by atoms with Gasteiger partial charge in [0.2, 0.25) is 0 Å². The lowest BCUT2D eigenvalue weighted by Crippen LogP contribution is -2.35. The topological polar surface area (TPSA) is 15.3 Å². The molecule has 0 saturated carbocycles. The van der Waals surface area contributed by atoms with Gasteiger partial charge in [0.25, 0.3) is 0 Å². The molecule has 0 saturated heterocycles. The van der Waals surface area contributed by atoms with E-state index in [0.717, 1.165) is 13.1 Å². The minimum atomic E-state index is 0.447. The molecule has 1 aromatic rings. The molecule has 0 radical (unpaired) electrons. The van der Waals surface area contributed by atoms with Crippen molar-refractivity contribution in [1.29, 1.82) is 0 Å². The first-order valence-corrected chi connectivity index (χ1v) is 8.67. The van der Waals surface area contributed by atoms with Crippen molar-refractivity contribution in [3.05, 3.63) is 34.9 Å². The summed E-state index contributed by atoms with van der Waals surface area (Å²) in [6.45, 7) is 9.01. The molecule has 0 bridgehead atoms. The maximum atomic E-state index is 3.67. The van der Waals surface area contributed by atoms with Crippen LogP contribution >= 0.6 is 0 Å². The van der Waals surface area contributed by atoms with Crippen LogP contribution in [0.1, 0.15) is 62.8 Å². The highest BCUT2D eigenvalue weighted by molar-refractivity contribution is 5.35. The molecule has 2 unspecified atom stereocenters. The Hall–Kier alpha value is -0.860. The third kappa shape index (κ3) is 4.55. The van der Waals surface area contributed by atoms with Gasteiger partial charge in [-0.1, -0.05) is 25.1 Å². The van der Waals surface area contributed by atoms with Gasteiger partial charge in [0.15, 0.2) is 0 Å². The Morgan fingerprint density at radius 3 is 2.57 bits per heavy atom. The van der Waals surface area contributed by atoms with Crippen LogP contribution < -0.4 is 5.32 Å². The van der Waals surface area contributed by atoms with E-state index in [2.05, 4.69) is 56.2 Å². The Morgan fingerprint density at radius 2 is 1.86 bits per heavy atom. The van der Waals surface area contributed by atoms with Gasteiger partial charge < -0.3 is 10.2 Å². The summed E-state index contributed by atoms with van der Waals surface area (Å²) >= 11 is 0. The molecule has 1 aliphatic rings. The number of aryl methyl sites for hydroxylation is 2. The number of fused-ring (bicyclic) bond motifs is 1. The zero-order valence-electron chi connectivity index (χ0n) is 14.3. The van der Waals surface area contributed by atoms with E-state index in [1.165, 1.54) is 37.7 Å². The number of rotatable bonds is 7. The van der Waals surface area contributed by atoms with Gasteiger partial charge in [-0.25, -0.2) is 0 Å². The van der Waals surface area contributed by atoms with Crippen molar-refractivity contribution in [3.63, 3.8) is 0 Å². The van der Waals surface area contributed by atoms with Crippen LogP contribution in [0.2, 0.25) is 0 Å². The lowest BCUT2D eigenvalue weighted by atomic mass is 9.89. The maximum absolute atomic E-state index is 3.67. The normalized spacial score (nSPS) is 17.6. The third-order valence-electron chi connectivity index (χ3n) is 5.13. The Morgan fingerprint density at radius 1 is 1.14 bits per heavy atom. The number of hydrogen-bond acceptors (Lipinski definition) is 2. The second-order valence-electron chi connectivity index (χ2n) is 6.65. The van der Waals surface area contributed by atoms with Crippen molar-refractivity contribution in [2.75, 3.05) is 20.1 Å². The van der Waals surface area contributed by atoms with Crippen molar-refractivity contribution < 1.29 is 0 Å². The van der Waals surface area contributed by atoms with E-state index >= 15 is 0 Å². The smallest absolute Gasteiger partial charge is 0.0292 e. The molecule has 0 spiro atoms. The Kier molecular flexibility index (Phi) is 6.25. The van der Waals surface area contributed by atoms with Crippen LogP contribution in [0.4, 0.5) is 0 Å². The number of likely N-dealkylation sites (N-methyl/N-ethyl adjacent to an activating group) is 1. The number of nitrogens with zero attached hydrogens (tertiary/aromatic N) is 1. The summed E-state index contributed by atoms with van der Waals surface area (Å²) in [6.07, 6.45) is 6.49. The van der Waals surface area contributed by atoms with Crippen LogP contribution in [0.25, 0.3) is 0 Å². The summed E-state index contributed by atoms with van der Waals surface area (Å²) in [7, 11) is 2.22. The molecule has 21 heavy (non-hydrogen) atoms. The first-order valence-electron chi connectivity index (χ1n) is 8.67. The van der Waals surface area contributed by atoms with Crippen LogP contribution in [-0.4, -0.2) is 31.1 Å². The average Bonchev–Trinajstić information content (AvgIpc) is 2.53. The molecule has 2 nitrogen and oxygen atoms in total. The maximum Gasteiger partial charge on any atom is 0.0292 e. The van der Waals surface area contributed by atoms with Crippen molar-refractivity contribution >= 4 is 0 Å². The highest BCUT2D eigenvalue weighted by Crippen LogP contribution is 2.24. The molecular formula is C19H32N2. The SMILES string of the molecule is CCC(C)N(C)CCNC(C)c1ccc2c(c1)CCCC2. The number of nitrogens with one attached hydrogen (secondary N) is 1. The van der Waals surface area contributed by atoms with E-state index in [4.69, 9.17) is 0 Å². The second kappa shape index (κ2) is 7.95. The van der Waals surface area contributed by atoms with Gasteiger partial charge in [-0.05, 0) is 69.7 Å². The fourth-order valence-electron chi connectivity index (χ4n) is 3.13. The van der Waals surface area contributed by atoms with E-state index in [0.29, 0.717) is 12.1 Å². The Balaban J connectivity index is 1.84. The summed E-state index contributed by atoms with van der Waals surface area (Å²) in [4.78, 5) is 2.44. The molecule has 1 aromatic carbocycles. The number of benzene rings is 1. The summed E-state index contributed by atoms with van der Waals surface area (Å²) < 4.78 is 0. The van der Waals surface area contributed by atoms with Gasteiger partial charge in [-0.2, -0.15) is 0 Å². The predicted octanol–water partition coefficient (Wildman–Crippen LogP) is 3.95. The van der Waals surface area contributed by atoms with Crippen molar-refractivity contribution in [1.82, 2.24) is 10.2 Å². The van der Waals surface area contributed by atoms with Crippen LogP contribution in [0.3, 0.4) is 0 Å². The van der Waals surface area contributed by atoms with Crippen LogP contribution in [-0.2, 0) is 12.8 Å². The molecule has 2 rings (SSSR count). The molecule has 0 heterocycles. The van der Waals surface area contributed by atoms with Gasteiger partial charge in [-0.15, -0.1) is 0 Å². The summed E-state index contributed by atoms with van der Waals surface area (Å²) in [5, 5.41) is 3.67. The fraction of sp³-hybridized carbons (Fsp3) is 0.684. The Bertz CT molecular complexity index is 441. The van der Waals surface area contributed by atoms with Gasteiger partial charge in [-0.3, -0.25) is 0 Å². The van der Waals surface area contributed by atoms with Gasteiger partial charge in [0.05, 0.1) is 0 Å². The molecule has 2 heteroatoms. The standard InChI is InChI=1S/C19H32N2/c1-5-15(2)21(4)13-12-20-16(3)18-11-10-17-8-6-7-9-19(17)14-18/h10-11,14-16,20H,5-9,12-13H2,1-4H3. The predicted molar refractivity (Wildman–Crippen MR) is 91.9 cm³/mol. The number of hydrogen-bond donors (Lipinski definition) is 1. The molecule has 0 aromatic heterocycles. The zero-order valence-corrected chi connectivity index (χ0v) is 14.3. The Labute approximate surface area is 130 Å². The van der Waals surface area contributed by atoms with Crippen molar-refractivity contribution in [2.24, 2.45) is 0 Å². The average molecular weight is 288 g/mol. The lowest BCUT2D eigenvalue weighted by Gasteiger charge is -2.25. The molecule has 1 N–H and O–H groups in total. The van der Waals surface area contributed by atoms with Gasteiger partial charge in [0, 0.05) is 25.2 Å². The molecule has 0 amide bonds. The fourth-order valence-corrected chi connectivity index (χ4v) is 3.13. The van der Waals surface area contributed by atoms with Crippen LogP contribution in [0.5, 0.6) is 0 Å². The van der Waals surface area contributed by atoms with Crippen molar-refractivity contribution in [3.8, 4) is 0 Å². The largest absolute Gasteiger partial charge is 0.309 e. The highest BCUT2D eigenvalue weighted by atomic mass is 15.1. The molecule has 0 aliphatic heterocycles. The van der Waals surface area contributed by atoms with E-state index in [1.807, 2.05) is 0 Å². The van der Waals surface area contributed by atoms with Crippen LogP contribution in [0, 0.1) is 0 Å². The van der Waals surface area contributed by atoms with E-state index < -0.39 is 0 Å². The van der Waals surface area contributed by atoms with Gasteiger partial charge >= 0.3 is 0 Å². The summed E-state index contributed by atoms with van der Waals surface area (Å²) in [5.41, 5.74) is 4.61. The summed E-state index contributed by atoms with van der Waals surface area (Å²) in [6, 6.07) is 8.23. The molecule has 2 atom stereocenters. The molecule has 118 valence electrons. The zero-order chi connectivity index (χ0) is 15.2. The van der Waals surface area contributed by atoms with E-state index in [9.17, 15) is 0 Å². The van der Waals surface area contributed by atoms with E-state index in [1.54, 1.807) is 11.1 Å². The quantitative estimate of drug-likeness (QED) is 0.817. The molecule has 1 aliphatic carbocycles. The first-order chi connectivity index (χ1) is 10.1. The van der Waals surface area contributed by atoms with E-state index in [-0.39, 0.29) is 0 Å². The lowest BCUT2D eigenvalue weighted by molar-refractivity contribution is 0.249. The monoisotopic (exact) mass is 288 g/mol. The first kappa shape index (κ1) is 16.5. The third-order valence-corrected chi connectivity index (χ3v) is 5.13. The highest BCUT2D eigenvalue weighted by Gasteiger charge is 2.12. The van der Waals surface area contributed by atoms with Gasteiger partial charge in [0.1, 0.15) is 0 Å². The second-order valence-corrected chi connectivity index (χ2v) is 6.65. The molecular weight excluding hydrogens is 256 g/mol. The minimum Gasteiger partial charge on any atom is -0.309 e. The summed E-state index contributed by atoms with van der Waals surface area (Å²) in [5.74, 6) is 0. The van der Waals surface area contributed by atoms with Crippen LogP contribution in [0.15, 0.2) is 18.2 Å². The van der Waals surface area contributed by atoms with Crippen molar-refractivity contribution in [2.45, 2.75) is 65.0 Å².